The number of nitrogens with one attached hydrogen (secondary N) is 1. The highest BCUT2D eigenvalue weighted by molar-refractivity contribution is 5.15. The SMILES string of the molecule is Cc1noc([C@@H]2CN(Cc3ccc(C(F)(F)F)[nH]3)CCN2C)n1. The van der Waals surface area contributed by atoms with Gasteiger partial charge in [-0.25, -0.2) is 0 Å². The molecule has 126 valence electrons. The Labute approximate surface area is 131 Å². The summed E-state index contributed by atoms with van der Waals surface area (Å²) in [6.07, 6.45) is -4.34. The van der Waals surface area contributed by atoms with Crippen LogP contribution in [0.4, 0.5) is 13.2 Å². The number of aryl methyl sites for hydroxylation is 1. The molecule has 0 unspecified atom stereocenters. The Hall–Kier alpha value is -1.87. The number of aromatic amines is 1. The van der Waals surface area contributed by atoms with Crippen LogP contribution in [0.5, 0.6) is 0 Å². The molecule has 0 spiro atoms. The fourth-order valence-corrected chi connectivity index (χ4v) is 2.73. The highest BCUT2D eigenvalue weighted by Crippen LogP contribution is 2.29. The van der Waals surface area contributed by atoms with Crippen LogP contribution in [0, 0.1) is 6.92 Å². The Kier molecular flexibility index (Phi) is 4.15. The van der Waals surface area contributed by atoms with Crippen LogP contribution in [0.2, 0.25) is 0 Å². The van der Waals surface area contributed by atoms with Crippen molar-refractivity contribution in [2.75, 3.05) is 26.7 Å². The molecule has 0 saturated carbocycles. The van der Waals surface area contributed by atoms with Gasteiger partial charge in [-0.2, -0.15) is 18.2 Å². The number of alkyl halides is 3. The van der Waals surface area contributed by atoms with Crippen molar-refractivity contribution in [3.05, 3.63) is 35.2 Å². The van der Waals surface area contributed by atoms with Gasteiger partial charge in [-0.3, -0.25) is 9.80 Å². The molecule has 3 rings (SSSR count). The van der Waals surface area contributed by atoms with E-state index >= 15 is 0 Å². The molecular formula is C14H18F3N5O. The lowest BCUT2D eigenvalue weighted by molar-refractivity contribution is -0.140. The van der Waals surface area contributed by atoms with E-state index < -0.39 is 11.9 Å². The number of likely N-dealkylation sites (N-methyl/N-ethyl adjacent to an activating group) is 1. The lowest BCUT2D eigenvalue weighted by Gasteiger charge is -2.37. The van der Waals surface area contributed by atoms with Gasteiger partial charge >= 0.3 is 6.18 Å². The smallest absolute Gasteiger partial charge is 0.354 e. The van der Waals surface area contributed by atoms with Crippen molar-refractivity contribution in [3.63, 3.8) is 0 Å². The zero-order valence-electron chi connectivity index (χ0n) is 12.9. The van der Waals surface area contributed by atoms with Crippen LogP contribution in [0.3, 0.4) is 0 Å². The minimum Gasteiger partial charge on any atom is -0.354 e. The van der Waals surface area contributed by atoms with Crippen molar-refractivity contribution in [3.8, 4) is 0 Å². The maximum Gasteiger partial charge on any atom is 0.431 e. The summed E-state index contributed by atoms with van der Waals surface area (Å²) >= 11 is 0. The molecule has 2 aromatic heterocycles. The highest BCUT2D eigenvalue weighted by atomic mass is 19.4. The number of halogens is 3. The molecule has 9 heteroatoms. The third-order valence-electron chi connectivity index (χ3n) is 4.01. The summed E-state index contributed by atoms with van der Waals surface area (Å²) in [5.41, 5.74) is -0.173. The minimum atomic E-state index is -4.34. The molecule has 0 radical (unpaired) electrons. The number of nitrogens with zero attached hydrogens (tertiary/aromatic N) is 4. The average molecular weight is 329 g/mol. The first kappa shape index (κ1) is 16.0. The molecule has 1 atom stereocenters. The largest absolute Gasteiger partial charge is 0.431 e. The van der Waals surface area contributed by atoms with E-state index in [9.17, 15) is 13.2 Å². The van der Waals surface area contributed by atoms with Gasteiger partial charge in [-0.05, 0) is 26.1 Å². The second-order valence-electron chi connectivity index (χ2n) is 5.81. The summed E-state index contributed by atoms with van der Waals surface area (Å²) in [6.45, 7) is 4.34. The molecule has 1 aliphatic rings. The molecule has 1 aliphatic heterocycles. The second kappa shape index (κ2) is 5.97. The van der Waals surface area contributed by atoms with Gasteiger partial charge in [-0.1, -0.05) is 5.16 Å². The van der Waals surface area contributed by atoms with E-state index in [1.807, 2.05) is 7.05 Å². The molecule has 1 N–H and O–H groups in total. The molecule has 0 aromatic carbocycles. The maximum atomic E-state index is 12.6. The normalized spacial score (nSPS) is 21.0. The van der Waals surface area contributed by atoms with Crippen LogP contribution in [-0.2, 0) is 12.7 Å². The molecule has 3 heterocycles. The van der Waals surface area contributed by atoms with E-state index in [2.05, 4.69) is 24.9 Å². The van der Waals surface area contributed by atoms with Gasteiger partial charge in [0.2, 0.25) is 5.89 Å². The third-order valence-corrected chi connectivity index (χ3v) is 4.01. The Bertz CT molecular complexity index is 665. The lowest BCUT2D eigenvalue weighted by atomic mass is 10.1. The topological polar surface area (TPSA) is 61.2 Å². The van der Waals surface area contributed by atoms with Gasteiger partial charge in [0.1, 0.15) is 11.7 Å². The molecule has 0 amide bonds. The first-order valence-electron chi connectivity index (χ1n) is 7.31. The Morgan fingerprint density at radius 1 is 1.35 bits per heavy atom. The van der Waals surface area contributed by atoms with E-state index in [4.69, 9.17) is 4.52 Å². The van der Waals surface area contributed by atoms with Gasteiger partial charge < -0.3 is 9.51 Å². The molecule has 1 fully saturated rings. The van der Waals surface area contributed by atoms with Crippen molar-refractivity contribution in [2.45, 2.75) is 25.7 Å². The fraction of sp³-hybridized carbons (Fsp3) is 0.571. The van der Waals surface area contributed by atoms with Gasteiger partial charge in [-0.15, -0.1) is 0 Å². The summed E-state index contributed by atoms with van der Waals surface area (Å²) in [5, 5.41) is 3.80. The van der Waals surface area contributed by atoms with Crippen molar-refractivity contribution in [2.24, 2.45) is 0 Å². The zero-order chi connectivity index (χ0) is 16.6. The maximum absolute atomic E-state index is 12.6. The van der Waals surface area contributed by atoms with Crippen molar-refractivity contribution < 1.29 is 17.7 Å². The van der Waals surface area contributed by atoms with Crippen molar-refractivity contribution in [1.82, 2.24) is 24.9 Å². The number of piperazine rings is 1. The molecular weight excluding hydrogens is 311 g/mol. The third kappa shape index (κ3) is 3.56. The molecule has 1 saturated heterocycles. The monoisotopic (exact) mass is 329 g/mol. The number of hydrogen-bond acceptors (Lipinski definition) is 5. The zero-order valence-corrected chi connectivity index (χ0v) is 12.9. The molecule has 0 bridgehead atoms. The number of aromatic nitrogens is 3. The quantitative estimate of drug-likeness (QED) is 0.935. The number of rotatable bonds is 3. The van der Waals surface area contributed by atoms with Crippen LogP contribution in [0.15, 0.2) is 16.7 Å². The standard InChI is InChI=1S/C14H18F3N5O/c1-9-18-13(23-20-9)11-8-22(6-5-21(11)2)7-10-3-4-12(19-10)14(15,16)17/h3-4,11,19H,5-8H2,1-2H3/t11-/m0/s1. The summed E-state index contributed by atoms with van der Waals surface area (Å²) in [6, 6.07) is 2.50. The first-order chi connectivity index (χ1) is 10.8. The predicted octanol–water partition coefficient (Wildman–Crippen LogP) is 2.21. The van der Waals surface area contributed by atoms with Gasteiger partial charge in [0, 0.05) is 31.9 Å². The van der Waals surface area contributed by atoms with E-state index in [-0.39, 0.29) is 6.04 Å². The number of hydrogen-bond donors (Lipinski definition) is 1. The van der Waals surface area contributed by atoms with Gasteiger partial charge in [0.15, 0.2) is 5.82 Å². The summed E-state index contributed by atoms with van der Waals surface area (Å²) in [7, 11) is 1.97. The molecule has 23 heavy (non-hydrogen) atoms. The molecule has 2 aromatic rings. The first-order valence-corrected chi connectivity index (χ1v) is 7.31. The minimum absolute atomic E-state index is 0.0537. The van der Waals surface area contributed by atoms with Crippen LogP contribution >= 0.6 is 0 Å². The van der Waals surface area contributed by atoms with Crippen LogP contribution < -0.4 is 0 Å². The molecule has 6 nitrogen and oxygen atoms in total. The summed E-state index contributed by atoms with van der Waals surface area (Å²) in [4.78, 5) is 10.9. The van der Waals surface area contributed by atoms with E-state index in [0.717, 1.165) is 19.2 Å². The lowest BCUT2D eigenvalue weighted by Crippen LogP contribution is -2.46. The van der Waals surface area contributed by atoms with Gasteiger partial charge in [0.25, 0.3) is 0 Å². The Morgan fingerprint density at radius 2 is 2.13 bits per heavy atom. The van der Waals surface area contributed by atoms with E-state index in [1.165, 1.54) is 6.07 Å². The second-order valence-corrected chi connectivity index (χ2v) is 5.81. The average Bonchev–Trinajstić information content (AvgIpc) is 3.09. The van der Waals surface area contributed by atoms with E-state index in [0.29, 0.717) is 30.5 Å². The van der Waals surface area contributed by atoms with Crippen molar-refractivity contribution in [1.29, 1.82) is 0 Å². The van der Waals surface area contributed by atoms with Crippen molar-refractivity contribution >= 4 is 0 Å². The van der Waals surface area contributed by atoms with Crippen LogP contribution in [0.1, 0.15) is 29.1 Å². The Morgan fingerprint density at radius 3 is 2.74 bits per heavy atom. The predicted molar refractivity (Wildman–Crippen MR) is 75.5 cm³/mol. The van der Waals surface area contributed by atoms with Gasteiger partial charge in [0.05, 0.1) is 0 Å². The highest BCUT2D eigenvalue weighted by Gasteiger charge is 2.33. The van der Waals surface area contributed by atoms with E-state index in [1.54, 1.807) is 6.92 Å². The van der Waals surface area contributed by atoms with Crippen LogP contribution in [-0.4, -0.2) is 51.6 Å². The summed E-state index contributed by atoms with van der Waals surface area (Å²) in [5.74, 6) is 1.11. The Balaban J connectivity index is 1.68. The fourth-order valence-electron chi connectivity index (χ4n) is 2.73. The van der Waals surface area contributed by atoms with Crippen LogP contribution in [0.25, 0.3) is 0 Å². The molecule has 0 aliphatic carbocycles. The summed E-state index contributed by atoms with van der Waals surface area (Å²) < 4.78 is 43.1. The number of H-pyrrole nitrogens is 1.